The minimum absolute atomic E-state index is 0.116. The molecule has 2 aromatic rings. The summed E-state index contributed by atoms with van der Waals surface area (Å²) in [5, 5.41) is 5.50. The summed E-state index contributed by atoms with van der Waals surface area (Å²) < 4.78 is 0. The maximum atomic E-state index is 13.1. The Balaban J connectivity index is 1.53. The van der Waals surface area contributed by atoms with Gasteiger partial charge in [0.1, 0.15) is 5.54 Å². The van der Waals surface area contributed by atoms with E-state index in [0.717, 1.165) is 28.9 Å². The van der Waals surface area contributed by atoms with E-state index in [1.54, 1.807) is 32.0 Å². The average Bonchev–Trinajstić information content (AvgIpc) is 3.16. The molecule has 2 N–H and O–H groups in total. The largest absolute Gasteiger partial charge is 0.325 e. The molecule has 7 heteroatoms. The number of carbonyl (C=O) groups excluding carboxylic acids is 4. The second-order valence-corrected chi connectivity index (χ2v) is 8.33. The van der Waals surface area contributed by atoms with Gasteiger partial charge in [-0.15, -0.1) is 0 Å². The van der Waals surface area contributed by atoms with Gasteiger partial charge < -0.3 is 10.6 Å². The first-order valence-electron chi connectivity index (χ1n) is 10.5. The molecule has 4 amide bonds. The number of carbonyl (C=O) groups is 4. The number of imide groups is 1. The summed E-state index contributed by atoms with van der Waals surface area (Å²) in [6.45, 7) is 5.16. The maximum absolute atomic E-state index is 13.1. The lowest BCUT2D eigenvalue weighted by atomic mass is 9.91. The minimum Gasteiger partial charge on any atom is -0.325 e. The summed E-state index contributed by atoms with van der Waals surface area (Å²) in [6, 6.07) is 12.0. The van der Waals surface area contributed by atoms with Gasteiger partial charge in [0.15, 0.2) is 5.78 Å². The van der Waals surface area contributed by atoms with E-state index < -0.39 is 17.5 Å². The summed E-state index contributed by atoms with van der Waals surface area (Å²) in [5.41, 5.74) is 2.41. The van der Waals surface area contributed by atoms with Crippen molar-refractivity contribution in [3.8, 4) is 0 Å². The molecule has 2 atom stereocenters. The van der Waals surface area contributed by atoms with Gasteiger partial charge >= 0.3 is 6.03 Å². The van der Waals surface area contributed by atoms with Crippen LogP contribution in [0.2, 0.25) is 0 Å². The third kappa shape index (κ3) is 3.50. The molecule has 0 spiro atoms. The van der Waals surface area contributed by atoms with E-state index in [2.05, 4.69) is 17.6 Å². The van der Waals surface area contributed by atoms with Crippen molar-refractivity contribution >= 4 is 29.3 Å². The van der Waals surface area contributed by atoms with Crippen molar-refractivity contribution in [2.24, 2.45) is 0 Å². The number of urea groups is 1. The molecule has 0 aromatic heterocycles. The van der Waals surface area contributed by atoms with E-state index in [0.29, 0.717) is 16.8 Å². The number of aryl methyl sites for hydroxylation is 1. The zero-order valence-electron chi connectivity index (χ0n) is 17.8. The first kappa shape index (κ1) is 20.8. The van der Waals surface area contributed by atoms with Gasteiger partial charge in [-0.05, 0) is 55.2 Å². The fourth-order valence-corrected chi connectivity index (χ4v) is 4.15. The van der Waals surface area contributed by atoms with Gasteiger partial charge in [0.05, 0.1) is 12.5 Å². The summed E-state index contributed by atoms with van der Waals surface area (Å²) in [4.78, 5) is 51.4. The van der Waals surface area contributed by atoms with Gasteiger partial charge in [-0.3, -0.25) is 19.3 Å². The zero-order valence-corrected chi connectivity index (χ0v) is 17.8. The van der Waals surface area contributed by atoms with Gasteiger partial charge in [-0.25, -0.2) is 4.79 Å². The van der Waals surface area contributed by atoms with Crippen LogP contribution in [0.4, 0.5) is 10.5 Å². The fourth-order valence-electron chi connectivity index (χ4n) is 4.15. The molecule has 0 radical (unpaired) electrons. The number of Topliss-reactive ketones (excluding diaryl/α,β-unsaturated/α-hetero) is 1. The van der Waals surface area contributed by atoms with Crippen molar-refractivity contribution in [3.63, 3.8) is 0 Å². The molecule has 0 unspecified atom stereocenters. The highest BCUT2D eigenvalue weighted by molar-refractivity contribution is 6.11. The monoisotopic (exact) mass is 419 g/mol. The number of amides is 4. The van der Waals surface area contributed by atoms with Crippen LogP contribution in [0.15, 0.2) is 42.5 Å². The molecule has 0 aliphatic carbocycles. The van der Waals surface area contributed by atoms with Gasteiger partial charge in [0, 0.05) is 11.3 Å². The van der Waals surface area contributed by atoms with Crippen molar-refractivity contribution in [2.75, 3.05) is 11.9 Å². The van der Waals surface area contributed by atoms with Crippen LogP contribution >= 0.6 is 0 Å². The number of hydrogen-bond donors (Lipinski definition) is 2. The first-order valence-corrected chi connectivity index (χ1v) is 10.5. The van der Waals surface area contributed by atoms with E-state index in [9.17, 15) is 19.2 Å². The van der Waals surface area contributed by atoms with Crippen molar-refractivity contribution < 1.29 is 19.2 Å². The third-order valence-corrected chi connectivity index (χ3v) is 6.14. The summed E-state index contributed by atoms with van der Waals surface area (Å²) >= 11 is 0. The number of anilines is 1. The summed E-state index contributed by atoms with van der Waals surface area (Å²) in [7, 11) is 0. The normalized spacial score (nSPS) is 22.4. The lowest BCUT2D eigenvalue weighted by Gasteiger charge is -2.22. The standard InChI is InChI=1S/C24H25N3O4/c1-4-5-15-6-9-17(10-7-15)24(3)22(30)27(23(31)26-24)13-20(28)16-8-11-19-18(12-16)14(2)21(29)25-19/h6-12,14H,4-5,13H2,1-3H3,(H,25,29)(H,26,31)/t14-,24+/m1/s1. The predicted octanol–water partition coefficient (Wildman–Crippen LogP) is 3.34. The maximum Gasteiger partial charge on any atom is 0.325 e. The van der Waals surface area contributed by atoms with Gasteiger partial charge in [0.25, 0.3) is 5.91 Å². The Morgan fingerprint density at radius 3 is 2.48 bits per heavy atom. The van der Waals surface area contributed by atoms with Crippen LogP contribution < -0.4 is 10.6 Å². The number of ketones is 1. The number of benzene rings is 2. The topological polar surface area (TPSA) is 95.6 Å². The molecular weight excluding hydrogens is 394 g/mol. The molecule has 2 aliphatic rings. The highest BCUT2D eigenvalue weighted by Crippen LogP contribution is 2.33. The second-order valence-electron chi connectivity index (χ2n) is 8.33. The molecule has 2 heterocycles. The Bertz CT molecular complexity index is 1090. The molecule has 160 valence electrons. The van der Waals surface area contributed by atoms with Gasteiger partial charge in [0.2, 0.25) is 5.91 Å². The first-order chi connectivity index (χ1) is 14.7. The Labute approximate surface area is 180 Å². The van der Waals surface area contributed by atoms with Crippen LogP contribution in [0.3, 0.4) is 0 Å². The summed E-state index contributed by atoms with van der Waals surface area (Å²) in [5.74, 6) is -1.28. The average molecular weight is 419 g/mol. The third-order valence-electron chi connectivity index (χ3n) is 6.14. The van der Waals surface area contributed by atoms with Crippen LogP contribution in [-0.2, 0) is 21.5 Å². The van der Waals surface area contributed by atoms with E-state index >= 15 is 0 Å². The van der Waals surface area contributed by atoms with E-state index in [1.165, 1.54) is 0 Å². The number of fused-ring (bicyclic) bond motifs is 1. The van der Waals surface area contributed by atoms with Crippen molar-refractivity contribution in [3.05, 3.63) is 64.7 Å². The number of rotatable bonds is 6. The van der Waals surface area contributed by atoms with Crippen LogP contribution in [0.5, 0.6) is 0 Å². The molecular formula is C24H25N3O4. The zero-order chi connectivity index (χ0) is 22.3. The van der Waals surface area contributed by atoms with E-state index in [4.69, 9.17) is 0 Å². The highest BCUT2D eigenvalue weighted by Gasteiger charge is 2.49. The predicted molar refractivity (Wildman–Crippen MR) is 116 cm³/mol. The van der Waals surface area contributed by atoms with E-state index in [-0.39, 0.29) is 24.2 Å². The molecule has 4 rings (SSSR count). The highest BCUT2D eigenvalue weighted by atomic mass is 16.2. The number of nitrogens with zero attached hydrogens (tertiary/aromatic N) is 1. The number of hydrogen-bond acceptors (Lipinski definition) is 4. The lowest BCUT2D eigenvalue weighted by molar-refractivity contribution is -0.130. The van der Waals surface area contributed by atoms with Crippen molar-refractivity contribution in [1.82, 2.24) is 10.2 Å². The van der Waals surface area contributed by atoms with E-state index in [1.807, 2.05) is 24.3 Å². The summed E-state index contributed by atoms with van der Waals surface area (Å²) in [6.07, 6.45) is 1.96. The molecule has 0 bridgehead atoms. The Hall–Kier alpha value is -3.48. The van der Waals surface area contributed by atoms with Crippen LogP contribution in [0, 0.1) is 0 Å². The quantitative estimate of drug-likeness (QED) is 0.554. The minimum atomic E-state index is -1.22. The number of nitrogens with one attached hydrogen (secondary N) is 2. The van der Waals surface area contributed by atoms with Gasteiger partial charge in [-0.1, -0.05) is 37.6 Å². The molecule has 7 nitrogen and oxygen atoms in total. The molecule has 2 aromatic carbocycles. The van der Waals surface area contributed by atoms with Crippen molar-refractivity contribution in [1.29, 1.82) is 0 Å². The molecule has 31 heavy (non-hydrogen) atoms. The second kappa shape index (κ2) is 7.65. The smallest absolute Gasteiger partial charge is 0.325 e. The Kier molecular flexibility index (Phi) is 5.13. The lowest BCUT2D eigenvalue weighted by Crippen LogP contribution is -2.41. The van der Waals surface area contributed by atoms with Gasteiger partial charge in [-0.2, -0.15) is 0 Å². The molecule has 2 aliphatic heterocycles. The molecule has 1 saturated heterocycles. The van der Waals surface area contributed by atoms with Crippen LogP contribution in [-0.4, -0.2) is 35.1 Å². The Morgan fingerprint density at radius 2 is 1.81 bits per heavy atom. The fraction of sp³-hybridized carbons (Fsp3) is 0.333. The SMILES string of the molecule is CCCc1ccc([C@]2(C)NC(=O)N(CC(=O)c3ccc4c(c3)[C@@H](C)C(=O)N4)C2=O)cc1. The molecule has 0 saturated carbocycles. The Morgan fingerprint density at radius 1 is 1.10 bits per heavy atom. The van der Waals surface area contributed by atoms with Crippen molar-refractivity contribution in [2.45, 2.75) is 45.1 Å². The van der Waals surface area contributed by atoms with Crippen LogP contribution in [0.1, 0.15) is 60.2 Å². The van der Waals surface area contributed by atoms with Crippen LogP contribution in [0.25, 0.3) is 0 Å². The molecule has 1 fully saturated rings.